The highest BCUT2D eigenvalue weighted by atomic mass is 16.1. The Morgan fingerprint density at radius 1 is 1.44 bits per heavy atom. The SMILES string of the molecule is CCC(C#N)C(=O)Nc1c(C)cccc1C(C)C. The molecule has 1 atom stereocenters. The number of nitriles is 1. The van der Waals surface area contributed by atoms with Gasteiger partial charge in [-0.25, -0.2) is 0 Å². The molecule has 0 saturated heterocycles. The van der Waals surface area contributed by atoms with Crippen LogP contribution in [0.5, 0.6) is 0 Å². The molecule has 1 N–H and O–H groups in total. The minimum absolute atomic E-state index is 0.212. The molecule has 18 heavy (non-hydrogen) atoms. The first-order chi connectivity index (χ1) is 8.51. The lowest BCUT2D eigenvalue weighted by atomic mass is 9.97. The molecule has 0 aromatic heterocycles. The van der Waals surface area contributed by atoms with Gasteiger partial charge < -0.3 is 5.32 Å². The third-order valence-corrected chi connectivity index (χ3v) is 3.06. The van der Waals surface area contributed by atoms with Crippen molar-refractivity contribution in [2.75, 3.05) is 5.32 Å². The molecule has 1 rings (SSSR count). The first kappa shape index (κ1) is 14.2. The fourth-order valence-corrected chi connectivity index (χ4v) is 1.89. The number of nitrogens with zero attached hydrogens (tertiary/aromatic N) is 1. The molecule has 0 fully saturated rings. The van der Waals surface area contributed by atoms with E-state index in [4.69, 9.17) is 5.26 Å². The van der Waals surface area contributed by atoms with E-state index in [-0.39, 0.29) is 5.91 Å². The first-order valence-corrected chi connectivity index (χ1v) is 6.31. The number of anilines is 1. The zero-order valence-electron chi connectivity index (χ0n) is 11.4. The van der Waals surface area contributed by atoms with Gasteiger partial charge in [-0.2, -0.15) is 5.26 Å². The van der Waals surface area contributed by atoms with Crippen molar-refractivity contribution >= 4 is 11.6 Å². The van der Waals surface area contributed by atoms with Crippen LogP contribution in [0.2, 0.25) is 0 Å². The topological polar surface area (TPSA) is 52.9 Å². The molecule has 1 amide bonds. The van der Waals surface area contributed by atoms with Crippen LogP contribution in [0.1, 0.15) is 44.2 Å². The van der Waals surface area contributed by atoms with Crippen LogP contribution >= 0.6 is 0 Å². The fraction of sp³-hybridized carbons (Fsp3) is 0.467. The summed E-state index contributed by atoms with van der Waals surface area (Å²) in [6, 6.07) is 8.00. The fourth-order valence-electron chi connectivity index (χ4n) is 1.89. The monoisotopic (exact) mass is 244 g/mol. The van der Waals surface area contributed by atoms with E-state index < -0.39 is 5.92 Å². The molecule has 3 nitrogen and oxygen atoms in total. The van der Waals surface area contributed by atoms with Gasteiger partial charge in [0.2, 0.25) is 5.91 Å². The largest absolute Gasteiger partial charge is 0.324 e. The summed E-state index contributed by atoms with van der Waals surface area (Å²) in [5.74, 6) is -0.455. The predicted molar refractivity (Wildman–Crippen MR) is 73.3 cm³/mol. The molecule has 1 aromatic rings. The molecule has 0 bridgehead atoms. The Morgan fingerprint density at radius 3 is 2.61 bits per heavy atom. The second-order valence-corrected chi connectivity index (χ2v) is 4.77. The Labute approximate surface area is 109 Å². The maximum atomic E-state index is 12.0. The third kappa shape index (κ3) is 3.10. The molecule has 0 aliphatic carbocycles. The van der Waals surface area contributed by atoms with Crippen LogP contribution < -0.4 is 5.32 Å². The quantitative estimate of drug-likeness (QED) is 0.879. The maximum absolute atomic E-state index is 12.0. The zero-order chi connectivity index (χ0) is 13.7. The molecule has 0 spiro atoms. The van der Waals surface area contributed by atoms with Gasteiger partial charge in [0, 0.05) is 5.69 Å². The van der Waals surface area contributed by atoms with E-state index in [2.05, 4.69) is 19.2 Å². The Kier molecular flexibility index (Phi) is 4.91. The molecule has 1 unspecified atom stereocenters. The van der Waals surface area contributed by atoms with Gasteiger partial charge in [-0.1, -0.05) is 39.0 Å². The number of para-hydroxylation sites is 1. The molecule has 0 aliphatic rings. The third-order valence-electron chi connectivity index (χ3n) is 3.06. The Morgan fingerprint density at radius 2 is 2.11 bits per heavy atom. The molecule has 96 valence electrons. The summed E-state index contributed by atoms with van der Waals surface area (Å²) < 4.78 is 0. The zero-order valence-corrected chi connectivity index (χ0v) is 11.4. The van der Waals surface area contributed by atoms with Crippen molar-refractivity contribution in [3.8, 4) is 6.07 Å². The van der Waals surface area contributed by atoms with E-state index in [9.17, 15) is 4.79 Å². The molecule has 0 heterocycles. The van der Waals surface area contributed by atoms with Gasteiger partial charge >= 0.3 is 0 Å². The van der Waals surface area contributed by atoms with Crippen molar-refractivity contribution in [1.82, 2.24) is 0 Å². The van der Waals surface area contributed by atoms with Crippen LogP contribution in [0.3, 0.4) is 0 Å². The number of amides is 1. The second kappa shape index (κ2) is 6.20. The van der Waals surface area contributed by atoms with Crippen molar-refractivity contribution in [3.63, 3.8) is 0 Å². The molecule has 0 saturated carbocycles. The van der Waals surface area contributed by atoms with Crippen molar-refractivity contribution in [2.24, 2.45) is 5.92 Å². The number of rotatable bonds is 4. The predicted octanol–water partition coefficient (Wildman–Crippen LogP) is 3.61. The van der Waals surface area contributed by atoms with Crippen LogP contribution in [0.15, 0.2) is 18.2 Å². The van der Waals surface area contributed by atoms with Crippen LogP contribution in [0.4, 0.5) is 5.69 Å². The lowest BCUT2D eigenvalue weighted by Gasteiger charge is -2.17. The number of carbonyl (C=O) groups excluding carboxylic acids is 1. The lowest BCUT2D eigenvalue weighted by Crippen LogP contribution is -2.22. The van der Waals surface area contributed by atoms with E-state index in [1.807, 2.05) is 38.1 Å². The van der Waals surface area contributed by atoms with Gasteiger partial charge in [-0.3, -0.25) is 4.79 Å². The van der Waals surface area contributed by atoms with Gasteiger partial charge in [-0.15, -0.1) is 0 Å². The summed E-state index contributed by atoms with van der Waals surface area (Å²) in [7, 11) is 0. The van der Waals surface area contributed by atoms with Gasteiger partial charge in [0.05, 0.1) is 6.07 Å². The minimum Gasteiger partial charge on any atom is -0.324 e. The standard InChI is InChI=1S/C15H20N2O/c1-5-12(9-16)15(18)17-14-11(4)7-6-8-13(14)10(2)3/h6-8,10,12H,5H2,1-4H3,(H,17,18). The summed E-state index contributed by atoms with van der Waals surface area (Å²) >= 11 is 0. The second-order valence-electron chi connectivity index (χ2n) is 4.77. The Balaban J connectivity index is 3.04. The molecular weight excluding hydrogens is 224 g/mol. The summed E-state index contributed by atoms with van der Waals surface area (Å²) in [5, 5.41) is 11.8. The summed E-state index contributed by atoms with van der Waals surface area (Å²) in [4.78, 5) is 12.0. The van der Waals surface area contributed by atoms with E-state index >= 15 is 0 Å². The Bertz CT molecular complexity index is 472. The van der Waals surface area contributed by atoms with E-state index in [1.54, 1.807) is 0 Å². The summed E-state index contributed by atoms with van der Waals surface area (Å²) in [6.45, 7) is 7.99. The number of aryl methyl sites for hydroxylation is 1. The smallest absolute Gasteiger partial charge is 0.241 e. The van der Waals surface area contributed by atoms with E-state index in [1.165, 1.54) is 0 Å². The van der Waals surface area contributed by atoms with E-state index in [0.29, 0.717) is 12.3 Å². The molecule has 0 aliphatic heterocycles. The highest BCUT2D eigenvalue weighted by Crippen LogP contribution is 2.27. The summed E-state index contributed by atoms with van der Waals surface area (Å²) in [5.41, 5.74) is 2.99. The van der Waals surface area contributed by atoms with Crippen molar-refractivity contribution in [2.45, 2.75) is 40.0 Å². The molecule has 1 aromatic carbocycles. The highest BCUT2D eigenvalue weighted by Gasteiger charge is 2.18. The molecule has 3 heteroatoms. The van der Waals surface area contributed by atoms with Crippen LogP contribution in [0, 0.1) is 24.2 Å². The number of hydrogen-bond acceptors (Lipinski definition) is 2. The van der Waals surface area contributed by atoms with Crippen LogP contribution in [-0.2, 0) is 4.79 Å². The van der Waals surface area contributed by atoms with Crippen LogP contribution in [0.25, 0.3) is 0 Å². The normalized spacial score (nSPS) is 12.0. The molecular formula is C15H20N2O. The number of hydrogen-bond donors (Lipinski definition) is 1. The van der Waals surface area contributed by atoms with Crippen LogP contribution in [-0.4, -0.2) is 5.91 Å². The number of benzene rings is 1. The van der Waals surface area contributed by atoms with E-state index in [0.717, 1.165) is 16.8 Å². The van der Waals surface area contributed by atoms with Crippen molar-refractivity contribution in [3.05, 3.63) is 29.3 Å². The number of carbonyl (C=O) groups is 1. The summed E-state index contributed by atoms with van der Waals surface area (Å²) in [6.07, 6.45) is 0.533. The van der Waals surface area contributed by atoms with Gasteiger partial charge in [-0.05, 0) is 30.4 Å². The highest BCUT2D eigenvalue weighted by molar-refractivity contribution is 5.95. The number of nitrogens with one attached hydrogen (secondary N) is 1. The average Bonchev–Trinajstić information content (AvgIpc) is 2.33. The average molecular weight is 244 g/mol. The lowest BCUT2D eigenvalue weighted by molar-refractivity contribution is -0.118. The van der Waals surface area contributed by atoms with Crippen molar-refractivity contribution < 1.29 is 4.79 Å². The minimum atomic E-state index is -0.579. The van der Waals surface area contributed by atoms with Gasteiger partial charge in [0.25, 0.3) is 0 Å². The molecule has 0 radical (unpaired) electrons. The Hall–Kier alpha value is -1.82. The maximum Gasteiger partial charge on any atom is 0.241 e. The van der Waals surface area contributed by atoms with Crippen molar-refractivity contribution in [1.29, 1.82) is 5.26 Å². The van der Waals surface area contributed by atoms with Gasteiger partial charge in [0.1, 0.15) is 5.92 Å². The van der Waals surface area contributed by atoms with Gasteiger partial charge in [0.15, 0.2) is 0 Å². The first-order valence-electron chi connectivity index (χ1n) is 6.31.